The number of hydrogen-bond acceptors (Lipinski definition) is 0. The molecule has 1 radical (unpaired) electrons. The Hall–Kier alpha value is -1.30. The predicted molar refractivity (Wildman–Crippen MR) is 66.8 cm³/mol. The lowest BCUT2D eigenvalue weighted by Crippen LogP contribution is -2.12. The normalized spacial score (nSPS) is 37.0. The van der Waals surface area contributed by atoms with Gasteiger partial charge < -0.3 is 0 Å². The molecule has 0 heterocycles. The molecule has 4 rings (SSSR count). The van der Waals surface area contributed by atoms with Crippen LogP contribution in [0.25, 0.3) is 0 Å². The number of benzene rings is 1. The molecule has 0 aromatic heterocycles. The molecule has 0 amide bonds. The Kier molecular flexibility index (Phi) is 2.65. The first-order chi connectivity index (χ1) is 7.95. The van der Waals surface area contributed by atoms with Gasteiger partial charge in [0.25, 0.3) is 0 Å². The summed E-state index contributed by atoms with van der Waals surface area (Å²) in [5.41, 5.74) is 0. The largest absolute Gasteiger partial charge is 0.0879 e. The van der Waals surface area contributed by atoms with Crippen LogP contribution in [0.4, 0.5) is 0 Å². The van der Waals surface area contributed by atoms with Gasteiger partial charge in [0.15, 0.2) is 0 Å². The molecule has 2 bridgehead atoms. The van der Waals surface area contributed by atoms with Gasteiger partial charge in [-0.1, -0.05) is 54.6 Å². The minimum Gasteiger partial charge on any atom is -0.0879 e. The zero-order chi connectivity index (χ0) is 10.8. The Balaban J connectivity index is 0.000000117. The molecule has 0 heteroatoms. The SMILES string of the molecule is C1=CC2C3C=CC(C3)C2C1.[c]1ccccc1. The molecule has 0 aliphatic heterocycles. The maximum absolute atomic E-state index is 2.89. The van der Waals surface area contributed by atoms with Crippen LogP contribution in [0.3, 0.4) is 0 Å². The van der Waals surface area contributed by atoms with Gasteiger partial charge in [0.1, 0.15) is 0 Å². The van der Waals surface area contributed by atoms with E-state index in [-0.39, 0.29) is 0 Å². The van der Waals surface area contributed by atoms with Crippen molar-refractivity contribution in [3.8, 4) is 0 Å². The van der Waals surface area contributed by atoms with Gasteiger partial charge in [-0.25, -0.2) is 0 Å². The second-order valence-corrected chi connectivity index (χ2v) is 4.93. The van der Waals surface area contributed by atoms with E-state index in [2.05, 4.69) is 30.4 Å². The minimum absolute atomic E-state index is 0.925. The first-order valence-corrected chi connectivity index (χ1v) is 6.21. The summed E-state index contributed by atoms with van der Waals surface area (Å²) in [6.07, 6.45) is 12.5. The summed E-state index contributed by atoms with van der Waals surface area (Å²) in [7, 11) is 0. The monoisotopic (exact) mass is 209 g/mol. The summed E-state index contributed by atoms with van der Waals surface area (Å²) in [5.74, 6) is 3.82. The fourth-order valence-corrected chi connectivity index (χ4v) is 3.31. The molecule has 0 spiro atoms. The molecule has 3 aliphatic rings. The first kappa shape index (κ1) is 9.89. The van der Waals surface area contributed by atoms with E-state index in [0.717, 1.165) is 23.7 Å². The van der Waals surface area contributed by atoms with Crippen LogP contribution in [0.1, 0.15) is 12.8 Å². The molecule has 0 nitrogen and oxygen atoms in total. The third kappa shape index (κ3) is 1.73. The lowest BCUT2D eigenvalue weighted by molar-refractivity contribution is 0.398. The summed E-state index contributed by atoms with van der Waals surface area (Å²) in [4.78, 5) is 0. The van der Waals surface area contributed by atoms with E-state index in [9.17, 15) is 0 Å². The molecule has 3 aliphatic carbocycles. The average molecular weight is 209 g/mol. The quantitative estimate of drug-likeness (QED) is 0.569. The molecule has 1 fully saturated rings. The molecule has 1 aromatic rings. The minimum atomic E-state index is 0.925. The summed E-state index contributed by atoms with van der Waals surface area (Å²) in [6.45, 7) is 0. The van der Waals surface area contributed by atoms with Gasteiger partial charge in [-0.2, -0.15) is 0 Å². The van der Waals surface area contributed by atoms with Crippen molar-refractivity contribution >= 4 is 0 Å². The van der Waals surface area contributed by atoms with Gasteiger partial charge in [0.2, 0.25) is 0 Å². The van der Waals surface area contributed by atoms with Crippen LogP contribution in [-0.4, -0.2) is 0 Å². The van der Waals surface area contributed by atoms with Crippen molar-refractivity contribution in [3.05, 3.63) is 60.7 Å². The molecule has 4 atom stereocenters. The highest BCUT2D eigenvalue weighted by atomic mass is 14.5. The lowest BCUT2D eigenvalue weighted by atomic mass is 9.86. The average Bonchev–Trinajstić information content (AvgIpc) is 3.06. The highest BCUT2D eigenvalue weighted by Gasteiger charge is 2.44. The topological polar surface area (TPSA) is 0 Å². The molecule has 0 saturated heterocycles. The van der Waals surface area contributed by atoms with Crippen molar-refractivity contribution in [1.82, 2.24) is 0 Å². The highest BCUT2D eigenvalue weighted by molar-refractivity contribution is 5.21. The van der Waals surface area contributed by atoms with Gasteiger partial charge in [-0.3, -0.25) is 0 Å². The van der Waals surface area contributed by atoms with E-state index >= 15 is 0 Å². The van der Waals surface area contributed by atoms with E-state index in [1.165, 1.54) is 12.8 Å². The van der Waals surface area contributed by atoms with E-state index in [1.807, 2.05) is 30.3 Å². The van der Waals surface area contributed by atoms with Gasteiger partial charge in [0, 0.05) is 0 Å². The Labute approximate surface area is 97.7 Å². The molecule has 1 saturated carbocycles. The Morgan fingerprint density at radius 2 is 1.69 bits per heavy atom. The Bertz CT molecular complexity index is 361. The second-order valence-electron chi connectivity index (χ2n) is 4.93. The molecule has 4 unspecified atom stereocenters. The maximum atomic E-state index is 2.89. The van der Waals surface area contributed by atoms with Crippen molar-refractivity contribution in [1.29, 1.82) is 0 Å². The molecular weight excluding hydrogens is 192 g/mol. The van der Waals surface area contributed by atoms with Gasteiger partial charge in [-0.05, 0) is 42.6 Å². The van der Waals surface area contributed by atoms with Crippen LogP contribution in [-0.2, 0) is 0 Å². The summed E-state index contributed by atoms with van der Waals surface area (Å²) < 4.78 is 0. The zero-order valence-electron chi connectivity index (χ0n) is 9.42. The Morgan fingerprint density at radius 1 is 0.875 bits per heavy atom. The van der Waals surface area contributed by atoms with Crippen LogP contribution < -0.4 is 0 Å². The van der Waals surface area contributed by atoms with Crippen LogP contribution in [0.5, 0.6) is 0 Å². The van der Waals surface area contributed by atoms with Crippen LogP contribution >= 0.6 is 0 Å². The van der Waals surface area contributed by atoms with Crippen LogP contribution in [0.15, 0.2) is 54.6 Å². The first-order valence-electron chi connectivity index (χ1n) is 6.21. The van der Waals surface area contributed by atoms with Gasteiger partial charge in [0.05, 0.1) is 0 Å². The predicted octanol–water partition coefficient (Wildman–Crippen LogP) is 3.87. The van der Waals surface area contributed by atoms with E-state index in [1.54, 1.807) is 0 Å². The molecular formula is C16H17. The van der Waals surface area contributed by atoms with Crippen molar-refractivity contribution in [2.45, 2.75) is 12.8 Å². The molecule has 16 heavy (non-hydrogen) atoms. The van der Waals surface area contributed by atoms with Gasteiger partial charge in [-0.15, -0.1) is 0 Å². The number of allylic oxidation sites excluding steroid dienone is 4. The van der Waals surface area contributed by atoms with E-state index in [4.69, 9.17) is 0 Å². The smallest absolute Gasteiger partial charge is 0.0133 e. The number of hydrogen-bond donors (Lipinski definition) is 0. The number of fused-ring (bicyclic) bond motifs is 5. The fourth-order valence-electron chi connectivity index (χ4n) is 3.31. The summed E-state index contributed by atoms with van der Waals surface area (Å²) in [5, 5.41) is 0. The van der Waals surface area contributed by atoms with E-state index < -0.39 is 0 Å². The summed E-state index contributed by atoms with van der Waals surface area (Å²) >= 11 is 0. The van der Waals surface area contributed by atoms with Crippen LogP contribution in [0, 0.1) is 29.7 Å². The zero-order valence-corrected chi connectivity index (χ0v) is 9.42. The van der Waals surface area contributed by atoms with Gasteiger partial charge >= 0.3 is 0 Å². The summed E-state index contributed by atoms with van der Waals surface area (Å²) in [6, 6.07) is 12.5. The third-order valence-electron chi connectivity index (χ3n) is 4.06. The third-order valence-corrected chi connectivity index (χ3v) is 4.06. The number of rotatable bonds is 0. The maximum Gasteiger partial charge on any atom is -0.0133 e. The second kappa shape index (κ2) is 4.29. The fraction of sp³-hybridized carbons (Fsp3) is 0.375. The molecule has 1 aromatic carbocycles. The highest BCUT2D eigenvalue weighted by Crippen LogP contribution is 2.52. The van der Waals surface area contributed by atoms with Crippen LogP contribution in [0.2, 0.25) is 0 Å². The standard InChI is InChI=1S/C10H12.C6H5/c1-2-9-7-4-5-8(6-7)10(9)3-1;1-2-4-6-5-3-1/h1-2,4-5,7-10H,3,6H2;1-5H. The van der Waals surface area contributed by atoms with E-state index in [0.29, 0.717) is 0 Å². The molecule has 81 valence electrons. The van der Waals surface area contributed by atoms with Crippen molar-refractivity contribution < 1.29 is 0 Å². The Morgan fingerprint density at radius 3 is 2.31 bits per heavy atom. The van der Waals surface area contributed by atoms with Crippen molar-refractivity contribution in [3.63, 3.8) is 0 Å². The lowest BCUT2D eigenvalue weighted by Gasteiger charge is -2.18. The van der Waals surface area contributed by atoms with Crippen molar-refractivity contribution in [2.24, 2.45) is 23.7 Å². The molecule has 0 N–H and O–H groups in total. The van der Waals surface area contributed by atoms with Crippen molar-refractivity contribution in [2.75, 3.05) is 0 Å².